The number of aromatic nitrogens is 2. The lowest BCUT2D eigenvalue weighted by atomic mass is 10.2. The molecule has 1 heterocycles. The maximum Gasteiger partial charge on any atom is 0.250 e. The van der Waals surface area contributed by atoms with Gasteiger partial charge in [-0.2, -0.15) is 4.98 Å². The zero-order chi connectivity index (χ0) is 13.1. The maximum atomic E-state index is 6.09. The van der Waals surface area contributed by atoms with Crippen LogP contribution in [0.25, 0.3) is 17.5 Å². The molecule has 0 spiro atoms. The van der Waals surface area contributed by atoms with Crippen molar-refractivity contribution >= 4 is 17.7 Å². The van der Waals surface area contributed by atoms with Gasteiger partial charge in [0, 0.05) is 5.56 Å². The first-order chi connectivity index (χ1) is 8.69. The Morgan fingerprint density at radius 2 is 2.11 bits per heavy atom. The van der Waals surface area contributed by atoms with Gasteiger partial charge in [0.2, 0.25) is 11.7 Å². The molecule has 0 N–H and O–H groups in total. The van der Waals surface area contributed by atoms with Crippen LogP contribution in [0.2, 0.25) is 5.02 Å². The van der Waals surface area contributed by atoms with E-state index in [-0.39, 0.29) is 0 Å². The van der Waals surface area contributed by atoms with E-state index in [1.165, 1.54) is 20.3 Å². The highest BCUT2D eigenvalue weighted by atomic mass is 35.5. The molecule has 0 atom stereocenters. The SMILES string of the molecule is C=Cc1nc(-c2cc(Cl)c(OC)c(OC)c2)no1. The molecular weight excluding hydrogens is 256 g/mol. The van der Waals surface area contributed by atoms with Crippen molar-refractivity contribution in [3.05, 3.63) is 29.6 Å². The standard InChI is InChI=1S/C12H11ClN2O3/c1-4-10-14-12(15-18-10)7-5-8(13)11(17-3)9(6-7)16-2/h4-6H,1H2,2-3H3. The molecule has 5 nitrogen and oxygen atoms in total. The largest absolute Gasteiger partial charge is 0.493 e. The second-order valence-electron chi connectivity index (χ2n) is 3.35. The molecule has 1 aromatic carbocycles. The lowest BCUT2D eigenvalue weighted by Crippen LogP contribution is -1.93. The summed E-state index contributed by atoms with van der Waals surface area (Å²) in [5.74, 6) is 1.73. The van der Waals surface area contributed by atoms with E-state index >= 15 is 0 Å². The van der Waals surface area contributed by atoms with E-state index in [4.69, 9.17) is 25.6 Å². The molecule has 0 saturated carbocycles. The maximum absolute atomic E-state index is 6.09. The summed E-state index contributed by atoms with van der Waals surface area (Å²) in [6.45, 7) is 3.55. The van der Waals surface area contributed by atoms with Gasteiger partial charge in [-0.05, 0) is 18.2 Å². The lowest BCUT2D eigenvalue weighted by Gasteiger charge is -2.10. The fourth-order valence-electron chi connectivity index (χ4n) is 1.48. The van der Waals surface area contributed by atoms with Gasteiger partial charge in [-0.1, -0.05) is 23.3 Å². The zero-order valence-corrected chi connectivity index (χ0v) is 10.7. The number of benzene rings is 1. The molecule has 6 heteroatoms. The van der Waals surface area contributed by atoms with Gasteiger partial charge in [0.05, 0.1) is 19.2 Å². The molecule has 0 aliphatic heterocycles. The van der Waals surface area contributed by atoms with Crippen molar-refractivity contribution in [3.63, 3.8) is 0 Å². The van der Waals surface area contributed by atoms with Gasteiger partial charge >= 0.3 is 0 Å². The van der Waals surface area contributed by atoms with Gasteiger partial charge in [0.25, 0.3) is 0 Å². The molecule has 1 aromatic heterocycles. The number of hydrogen-bond acceptors (Lipinski definition) is 5. The molecule has 94 valence electrons. The summed E-state index contributed by atoms with van der Waals surface area (Å²) < 4.78 is 15.3. The van der Waals surface area contributed by atoms with Gasteiger partial charge in [-0.3, -0.25) is 0 Å². The molecule has 0 aliphatic rings. The number of nitrogens with zero attached hydrogens (tertiary/aromatic N) is 2. The molecule has 0 saturated heterocycles. The minimum absolute atomic E-state index is 0.343. The lowest BCUT2D eigenvalue weighted by molar-refractivity contribution is 0.355. The zero-order valence-electron chi connectivity index (χ0n) is 9.94. The molecule has 2 aromatic rings. The Labute approximate surface area is 109 Å². The van der Waals surface area contributed by atoms with Crippen molar-refractivity contribution in [2.45, 2.75) is 0 Å². The summed E-state index contributed by atoms with van der Waals surface area (Å²) in [5.41, 5.74) is 0.675. The van der Waals surface area contributed by atoms with Crippen LogP contribution in [0.4, 0.5) is 0 Å². The summed E-state index contributed by atoms with van der Waals surface area (Å²) in [6.07, 6.45) is 1.47. The van der Waals surface area contributed by atoms with E-state index < -0.39 is 0 Å². The second-order valence-corrected chi connectivity index (χ2v) is 3.76. The smallest absolute Gasteiger partial charge is 0.250 e. The van der Waals surface area contributed by atoms with E-state index in [1.54, 1.807) is 12.1 Å². The number of ether oxygens (including phenoxy) is 2. The third kappa shape index (κ3) is 2.17. The fraction of sp³-hybridized carbons (Fsp3) is 0.167. The summed E-state index contributed by atoms with van der Waals surface area (Å²) in [5, 5.41) is 4.23. The average Bonchev–Trinajstić information content (AvgIpc) is 2.86. The highest BCUT2D eigenvalue weighted by Gasteiger charge is 2.14. The molecular formula is C12H11ClN2O3. The Kier molecular flexibility index (Phi) is 3.53. The van der Waals surface area contributed by atoms with E-state index in [2.05, 4.69) is 16.7 Å². The Morgan fingerprint density at radius 1 is 1.33 bits per heavy atom. The van der Waals surface area contributed by atoms with Crippen LogP contribution < -0.4 is 9.47 Å². The summed E-state index contributed by atoms with van der Waals surface area (Å²) in [7, 11) is 3.05. The highest BCUT2D eigenvalue weighted by Crippen LogP contribution is 2.38. The first kappa shape index (κ1) is 12.4. The molecule has 18 heavy (non-hydrogen) atoms. The van der Waals surface area contributed by atoms with Crippen LogP contribution in [0.15, 0.2) is 23.2 Å². The number of methoxy groups -OCH3 is 2. The fourth-order valence-corrected chi connectivity index (χ4v) is 1.77. The van der Waals surface area contributed by atoms with Crippen molar-refractivity contribution in [2.24, 2.45) is 0 Å². The Bertz CT molecular complexity index is 581. The topological polar surface area (TPSA) is 57.4 Å². The van der Waals surface area contributed by atoms with Gasteiger partial charge < -0.3 is 14.0 Å². The van der Waals surface area contributed by atoms with Crippen molar-refractivity contribution in [1.29, 1.82) is 0 Å². The Balaban J connectivity index is 2.51. The molecule has 0 aliphatic carbocycles. The highest BCUT2D eigenvalue weighted by molar-refractivity contribution is 6.32. The van der Waals surface area contributed by atoms with E-state index in [0.717, 1.165) is 0 Å². The molecule has 0 amide bonds. The first-order valence-electron chi connectivity index (χ1n) is 5.07. The van der Waals surface area contributed by atoms with E-state index in [0.29, 0.717) is 33.8 Å². The molecule has 0 bridgehead atoms. The third-order valence-corrected chi connectivity index (χ3v) is 2.59. The van der Waals surface area contributed by atoms with Crippen LogP contribution in [-0.4, -0.2) is 24.4 Å². The van der Waals surface area contributed by atoms with Gasteiger partial charge in [-0.15, -0.1) is 0 Å². The number of halogens is 1. The molecule has 2 rings (SSSR count). The predicted molar refractivity (Wildman–Crippen MR) is 67.9 cm³/mol. The normalized spacial score (nSPS) is 10.2. The van der Waals surface area contributed by atoms with Crippen molar-refractivity contribution in [2.75, 3.05) is 14.2 Å². The van der Waals surface area contributed by atoms with Crippen LogP contribution >= 0.6 is 11.6 Å². The van der Waals surface area contributed by atoms with Crippen LogP contribution in [-0.2, 0) is 0 Å². The van der Waals surface area contributed by atoms with Gasteiger partial charge in [-0.25, -0.2) is 0 Å². The van der Waals surface area contributed by atoms with E-state index in [1.807, 2.05) is 0 Å². The minimum Gasteiger partial charge on any atom is -0.493 e. The summed E-state index contributed by atoms with van der Waals surface area (Å²) >= 11 is 6.09. The van der Waals surface area contributed by atoms with Crippen molar-refractivity contribution in [3.8, 4) is 22.9 Å². The monoisotopic (exact) mass is 266 g/mol. The van der Waals surface area contributed by atoms with Crippen LogP contribution in [0.3, 0.4) is 0 Å². The first-order valence-corrected chi connectivity index (χ1v) is 5.45. The molecule has 0 unspecified atom stereocenters. The van der Waals surface area contributed by atoms with Crippen molar-refractivity contribution < 1.29 is 14.0 Å². The van der Waals surface area contributed by atoms with Crippen LogP contribution in [0, 0.1) is 0 Å². The number of rotatable bonds is 4. The Hall–Kier alpha value is -2.01. The van der Waals surface area contributed by atoms with Crippen LogP contribution in [0.5, 0.6) is 11.5 Å². The average molecular weight is 267 g/mol. The minimum atomic E-state index is 0.343. The van der Waals surface area contributed by atoms with E-state index in [9.17, 15) is 0 Å². The summed E-state index contributed by atoms with van der Waals surface area (Å²) in [6, 6.07) is 3.41. The third-order valence-electron chi connectivity index (χ3n) is 2.31. The predicted octanol–water partition coefficient (Wildman–Crippen LogP) is 3.05. The quantitative estimate of drug-likeness (QED) is 0.851. The Morgan fingerprint density at radius 3 is 2.67 bits per heavy atom. The molecule has 0 radical (unpaired) electrons. The van der Waals surface area contributed by atoms with Crippen molar-refractivity contribution in [1.82, 2.24) is 10.1 Å². The van der Waals surface area contributed by atoms with Gasteiger partial charge in [0.1, 0.15) is 0 Å². The van der Waals surface area contributed by atoms with Crippen LogP contribution in [0.1, 0.15) is 5.89 Å². The molecule has 0 fully saturated rings. The van der Waals surface area contributed by atoms with Gasteiger partial charge in [0.15, 0.2) is 11.5 Å². The second kappa shape index (κ2) is 5.10. The summed E-state index contributed by atoms with van der Waals surface area (Å²) in [4.78, 5) is 4.12. The number of hydrogen-bond donors (Lipinski definition) is 0.